The summed E-state index contributed by atoms with van der Waals surface area (Å²) < 4.78 is 48.8. The van der Waals surface area contributed by atoms with Gasteiger partial charge in [0.05, 0.1) is 12.2 Å². The molecule has 27 heavy (non-hydrogen) atoms. The van der Waals surface area contributed by atoms with Gasteiger partial charge in [-0.25, -0.2) is 9.78 Å². The van der Waals surface area contributed by atoms with Crippen LogP contribution < -0.4 is 4.74 Å². The molecule has 0 N–H and O–H groups in total. The van der Waals surface area contributed by atoms with Gasteiger partial charge in [-0.15, -0.1) is 0 Å². The number of alkyl halides is 3. The number of carbonyl (C=O) groups excluding carboxylic acids is 1. The number of pyridine rings is 1. The third-order valence-electron chi connectivity index (χ3n) is 4.08. The second-order valence-corrected chi connectivity index (χ2v) is 7.88. The zero-order valence-corrected chi connectivity index (χ0v) is 16.4. The number of ether oxygens (including phenoxy) is 2. The Balaban J connectivity index is 1.93. The van der Waals surface area contributed by atoms with E-state index in [9.17, 15) is 18.0 Å². The van der Waals surface area contributed by atoms with E-state index < -0.39 is 17.3 Å². The molecule has 0 radical (unpaired) electrons. The number of aromatic nitrogens is 1. The molecule has 1 amide bonds. The summed E-state index contributed by atoms with van der Waals surface area (Å²) in [6.07, 6.45) is -0.959. The summed E-state index contributed by atoms with van der Waals surface area (Å²) >= 11 is 5.84. The minimum Gasteiger partial charge on any atom is -0.477 e. The van der Waals surface area contributed by atoms with Crippen LogP contribution in [0.2, 0.25) is 5.02 Å². The molecule has 0 spiro atoms. The molecule has 9 heteroatoms. The molecule has 152 valence electrons. The van der Waals surface area contributed by atoms with Gasteiger partial charge in [-0.3, -0.25) is 0 Å². The highest BCUT2D eigenvalue weighted by Crippen LogP contribution is 2.33. The number of halogens is 4. The van der Waals surface area contributed by atoms with Crippen molar-refractivity contribution in [2.75, 3.05) is 13.2 Å². The van der Waals surface area contributed by atoms with Crippen molar-refractivity contribution in [3.05, 3.63) is 22.8 Å². The summed E-state index contributed by atoms with van der Waals surface area (Å²) in [5.74, 6) is -0.0516. The molecule has 1 aliphatic heterocycles. The molecule has 1 saturated heterocycles. The van der Waals surface area contributed by atoms with Crippen molar-refractivity contribution < 1.29 is 27.4 Å². The fourth-order valence-electron chi connectivity index (χ4n) is 2.84. The number of carbonyl (C=O) groups is 1. The summed E-state index contributed by atoms with van der Waals surface area (Å²) in [7, 11) is 0. The lowest BCUT2D eigenvalue weighted by molar-refractivity contribution is -0.137. The van der Waals surface area contributed by atoms with Gasteiger partial charge in [-0.1, -0.05) is 11.6 Å². The summed E-state index contributed by atoms with van der Waals surface area (Å²) in [6, 6.07) is 0.735. The van der Waals surface area contributed by atoms with Crippen LogP contribution in [0.4, 0.5) is 18.0 Å². The first-order chi connectivity index (χ1) is 12.5. The largest absolute Gasteiger partial charge is 0.477 e. The van der Waals surface area contributed by atoms with Gasteiger partial charge < -0.3 is 14.4 Å². The molecule has 0 aromatic carbocycles. The molecule has 1 unspecified atom stereocenters. The zero-order valence-electron chi connectivity index (χ0n) is 15.6. The molecule has 1 atom stereocenters. The van der Waals surface area contributed by atoms with Crippen molar-refractivity contribution in [3.63, 3.8) is 0 Å². The summed E-state index contributed by atoms with van der Waals surface area (Å²) in [6.45, 7) is 6.22. The van der Waals surface area contributed by atoms with Crippen molar-refractivity contribution in [2.45, 2.75) is 64.3 Å². The number of amides is 1. The van der Waals surface area contributed by atoms with Crippen LogP contribution >= 0.6 is 11.6 Å². The molecule has 1 aromatic rings. The van der Waals surface area contributed by atoms with Crippen LogP contribution in [0.3, 0.4) is 0 Å². The normalized spacial score (nSPS) is 18.3. The molecule has 0 bridgehead atoms. The molecule has 1 aliphatic rings. The van der Waals surface area contributed by atoms with Crippen LogP contribution in [0.25, 0.3) is 0 Å². The molecular formula is C18H24ClF3N2O3. The topological polar surface area (TPSA) is 51.7 Å². The van der Waals surface area contributed by atoms with Gasteiger partial charge in [-0.2, -0.15) is 13.2 Å². The first-order valence-electron chi connectivity index (χ1n) is 8.82. The first kappa shape index (κ1) is 21.6. The molecule has 1 fully saturated rings. The number of nitrogens with zero attached hydrogens (tertiary/aromatic N) is 2. The van der Waals surface area contributed by atoms with Crippen LogP contribution in [0.15, 0.2) is 12.3 Å². The summed E-state index contributed by atoms with van der Waals surface area (Å²) in [5.41, 5.74) is -1.50. The Kier molecular flexibility index (Phi) is 6.83. The Labute approximate surface area is 161 Å². The number of rotatable bonds is 4. The monoisotopic (exact) mass is 408 g/mol. The lowest BCUT2D eigenvalue weighted by Gasteiger charge is -2.36. The van der Waals surface area contributed by atoms with Crippen LogP contribution in [0, 0.1) is 0 Å². The Morgan fingerprint density at radius 2 is 2.04 bits per heavy atom. The van der Waals surface area contributed by atoms with Gasteiger partial charge >= 0.3 is 12.3 Å². The van der Waals surface area contributed by atoms with E-state index in [1.54, 1.807) is 4.90 Å². The van der Waals surface area contributed by atoms with Gasteiger partial charge in [0.25, 0.3) is 0 Å². The van der Waals surface area contributed by atoms with Crippen molar-refractivity contribution in [3.8, 4) is 5.88 Å². The minimum atomic E-state index is -4.51. The maximum Gasteiger partial charge on any atom is 0.417 e. The van der Waals surface area contributed by atoms with E-state index in [0.29, 0.717) is 19.2 Å². The smallest absolute Gasteiger partial charge is 0.417 e. The predicted molar refractivity (Wildman–Crippen MR) is 94.9 cm³/mol. The van der Waals surface area contributed by atoms with Crippen LogP contribution in [0.5, 0.6) is 5.88 Å². The quantitative estimate of drug-likeness (QED) is 0.677. The van der Waals surface area contributed by atoms with Gasteiger partial charge in [0.1, 0.15) is 10.6 Å². The predicted octanol–water partition coefficient (Wildman–Crippen LogP) is 5.31. The number of hydrogen-bond acceptors (Lipinski definition) is 4. The number of likely N-dealkylation sites (tertiary alicyclic amines) is 1. The Bertz CT molecular complexity index is 662. The average molecular weight is 409 g/mol. The SMILES string of the molecule is CC(C)(C)OC(=O)N1CCCCC1CCOc1ncc(C(F)(F)F)cc1Cl. The first-order valence-corrected chi connectivity index (χ1v) is 9.20. The van der Waals surface area contributed by atoms with Crippen LogP contribution in [-0.4, -0.2) is 40.8 Å². The Morgan fingerprint density at radius 3 is 2.63 bits per heavy atom. The molecule has 0 aliphatic carbocycles. The number of piperidine rings is 1. The lowest BCUT2D eigenvalue weighted by Crippen LogP contribution is -2.46. The van der Waals surface area contributed by atoms with Gasteiger partial charge in [-0.05, 0) is 46.1 Å². The Hall–Kier alpha value is -1.70. The second kappa shape index (κ2) is 8.54. The van der Waals surface area contributed by atoms with E-state index in [4.69, 9.17) is 21.1 Å². The molecule has 2 heterocycles. The highest BCUT2D eigenvalue weighted by molar-refractivity contribution is 6.31. The number of hydrogen-bond donors (Lipinski definition) is 0. The van der Waals surface area contributed by atoms with E-state index >= 15 is 0 Å². The molecule has 5 nitrogen and oxygen atoms in total. The van der Waals surface area contributed by atoms with Gasteiger partial charge in [0.15, 0.2) is 0 Å². The lowest BCUT2D eigenvalue weighted by atomic mass is 10.0. The van der Waals surface area contributed by atoms with E-state index in [1.807, 2.05) is 20.8 Å². The maximum absolute atomic E-state index is 12.6. The fourth-order valence-corrected chi connectivity index (χ4v) is 3.06. The van der Waals surface area contributed by atoms with E-state index in [1.165, 1.54) is 0 Å². The van der Waals surface area contributed by atoms with Crippen molar-refractivity contribution in [1.29, 1.82) is 0 Å². The zero-order chi connectivity index (χ0) is 20.2. The highest BCUT2D eigenvalue weighted by Gasteiger charge is 2.32. The van der Waals surface area contributed by atoms with Crippen LogP contribution in [0.1, 0.15) is 52.0 Å². The summed E-state index contributed by atoms with van der Waals surface area (Å²) in [4.78, 5) is 17.7. The Morgan fingerprint density at radius 1 is 1.33 bits per heavy atom. The third-order valence-corrected chi connectivity index (χ3v) is 4.35. The van der Waals surface area contributed by atoms with Crippen molar-refractivity contribution >= 4 is 17.7 Å². The standard InChI is InChI=1S/C18H24ClF3N2O3/c1-17(2,3)27-16(25)24-8-5-4-6-13(24)7-9-26-15-14(19)10-12(11-23-15)18(20,21)22/h10-11,13H,4-9H2,1-3H3. The van der Waals surface area contributed by atoms with Crippen LogP contribution in [-0.2, 0) is 10.9 Å². The van der Waals surface area contributed by atoms with Gasteiger partial charge in [0.2, 0.25) is 5.88 Å². The molecule has 1 aromatic heterocycles. The molecular weight excluding hydrogens is 385 g/mol. The van der Waals surface area contributed by atoms with Crippen molar-refractivity contribution in [1.82, 2.24) is 9.88 Å². The second-order valence-electron chi connectivity index (χ2n) is 7.47. The summed E-state index contributed by atoms with van der Waals surface area (Å²) in [5, 5.41) is -0.197. The minimum absolute atomic E-state index is 0.0516. The highest BCUT2D eigenvalue weighted by atomic mass is 35.5. The van der Waals surface area contributed by atoms with Crippen molar-refractivity contribution in [2.24, 2.45) is 0 Å². The van der Waals surface area contributed by atoms with Gasteiger partial charge in [0, 0.05) is 25.2 Å². The van der Waals surface area contributed by atoms with E-state index in [-0.39, 0.29) is 29.6 Å². The fraction of sp³-hybridized carbons (Fsp3) is 0.667. The molecule has 2 rings (SSSR count). The third kappa shape index (κ3) is 6.45. The van der Waals surface area contributed by atoms with E-state index in [0.717, 1.165) is 25.3 Å². The maximum atomic E-state index is 12.6. The van der Waals surface area contributed by atoms with E-state index in [2.05, 4.69) is 4.98 Å². The average Bonchev–Trinajstić information content (AvgIpc) is 2.54. The molecule has 0 saturated carbocycles.